The minimum absolute atomic E-state index is 0.190. The zero-order chi connectivity index (χ0) is 16.0. The summed E-state index contributed by atoms with van der Waals surface area (Å²) in [4.78, 5) is 14.9. The van der Waals surface area contributed by atoms with Gasteiger partial charge in [-0.1, -0.05) is 0 Å². The summed E-state index contributed by atoms with van der Waals surface area (Å²) < 4.78 is 22.2. The number of benzene rings is 1. The molecule has 0 radical (unpaired) electrons. The fraction of sp³-hybridized carbons (Fsp3) is 0.353. The van der Waals surface area contributed by atoms with E-state index in [0.29, 0.717) is 39.5 Å². The summed E-state index contributed by atoms with van der Waals surface area (Å²) >= 11 is 0. The number of methoxy groups -OCH3 is 2. The standard InChI is InChI=1S/C17H17NO5/c1-20-14-10-5-8-22-15(10)17(21-2)16-12(14)13(19)11(23-16)9-18-6-3-4-7-18/h5,8-9H,3-4,6-7H2,1-2H3/b11-9-. The molecule has 0 amide bonds. The molecular weight excluding hydrogens is 298 g/mol. The Bertz CT molecular complexity index is 814. The van der Waals surface area contributed by atoms with Gasteiger partial charge in [0.1, 0.15) is 11.3 Å². The molecular formula is C17H17NO5. The van der Waals surface area contributed by atoms with Gasteiger partial charge in [-0.2, -0.15) is 0 Å². The number of ether oxygens (including phenoxy) is 3. The van der Waals surface area contributed by atoms with Crippen LogP contribution in [0.2, 0.25) is 0 Å². The number of rotatable bonds is 3. The highest BCUT2D eigenvalue weighted by Crippen LogP contribution is 2.50. The van der Waals surface area contributed by atoms with E-state index in [1.165, 1.54) is 20.5 Å². The van der Waals surface area contributed by atoms with E-state index in [1.54, 1.807) is 12.3 Å². The lowest BCUT2D eigenvalue weighted by Gasteiger charge is -2.11. The van der Waals surface area contributed by atoms with E-state index in [0.717, 1.165) is 25.9 Å². The number of carbonyl (C=O) groups is 1. The van der Waals surface area contributed by atoms with Gasteiger partial charge in [0.25, 0.3) is 0 Å². The second-order valence-electron chi connectivity index (χ2n) is 5.60. The van der Waals surface area contributed by atoms with Crippen molar-refractivity contribution in [3.63, 3.8) is 0 Å². The Morgan fingerprint density at radius 2 is 1.91 bits per heavy atom. The number of Topliss-reactive ketones (excluding diaryl/α,β-unsaturated/α-hetero) is 1. The summed E-state index contributed by atoms with van der Waals surface area (Å²) in [5.41, 5.74) is 0.905. The van der Waals surface area contributed by atoms with Crippen LogP contribution in [-0.4, -0.2) is 38.0 Å². The first-order chi connectivity index (χ1) is 11.2. The zero-order valence-electron chi connectivity index (χ0n) is 13.0. The summed E-state index contributed by atoms with van der Waals surface area (Å²) in [7, 11) is 3.06. The Morgan fingerprint density at radius 1 is 1.17 bits per heavy atom. The highest BCUT2D eigenvalue weighted by molar-refractivity contribution is 6.18. The van der Waals surface area contributed by atoms with Crippen molar-refractivity contribution in [1.29, 1.82) is 0 Å². The van der Waals surface area contributed by atoms with E-state index >= 15 is 0 Å². The van der Waals surface area contributed by atoms with Crippen molar-refractivity contribution < 1.29 is 23.4 Å². The van der Waals surface area contributed by atoms with E-state index in [1.807, 2.05) is 0 Å². The van der Waals surface area contributed by atoms with Gasteiger partial charge in [-0.3, -0.25) is 4.79 Å². The predicted octanol–water partition coefficient (Wildman–Crippen LogP) is 2.96. The Labute approximate surface area is 133 Å². The molecule has 2 aromatic rings. The molecule has 23 heavy (non-hydrogen) atoms. The van der Waals surface area contributed by atoms with Crippen molar-refractivity contribution >= 4 is 16.8 Å². The molecule has 1 saturated heterocycles. The average molecular weight is 315 g/mol. The van der Waals surface area contributed by atoms with Crippen molar-refractivity contribution in [2.75, 3.05) is 27.3 Å². The number of likely N-dealkylation sites (tertiary alicyclic amines) is 1. The molecule has 0 spiro atoms. The third-order valence-electron chi connectivity index (χ3n) is 4.29. The predicted molar refractivity (Wildman–Crippen MR) is 83.2 cm³/mol. The fourth-order valence-electron chi connectivity index (χ4n) is 3.22. The highest BCUT2D eigenvalue weighted by atomic mass is 16.5. The molecule has 0 bridgehead atoms. The van der Waals surface area contributed by atoms with Crippen LogP contribution in [0.25, 0.3) is 11.0 Å². The van der Waals surface area contributed by atoms with E-state index < -0.39 is 0 Å². The smallest absolute Gasteiger partial charge is 0.237 e. The maximum Gasteiger partial charge on any atom is 0.237 e. The Morgan fingerprint density at radius 3 is 2.61 bits per heavy atom. The molecule has 6 nitrogen and oxygen atoms in total. The number of fused-ring (bicyclic) bond motifs is 2. The van der Waals surface area contributed by atoms with Crippen molar-refractivity contribution in [3.05, 3.63) is 29.9 Å². The first kappa shape index (κ1) is 14.0. The SMILES string of the molecule is COc1c2c(c(OC)c3occc13)O/C(=C\N1CCCC1)C2=O. The molecule has 0 saturated carbocycles. The molecule has 1 fully saturated rings. The van der Waals surface area contributed by atoms with Crippen LogP contribution in [0.15, 0.2) is 28.7 Å². The molecule has 4 rings (SSSR count). The van der Waals surface area contributed by atoms with E-state index in [-0.39, 0.29) is 5.78 Å². The third-order valence-corrected chi connectivity index (χ3v) is 4.29. The van der Waals surface area contributed by atoms with Crippen LogP contribution in [0.1, 0.15) is 23.2 Å². The van der Waals surface area contributed by atoms with E-state index in [4.69, 9.17) is 18.6 Å². The van der Waals surface area contributed by atoms with Gasteiger partial charge >= 0.3 is 0 Å². The maximum atomic E-state index is 12.8. The monoisotopic (exact) mass is 315 g/mol. The van der Waals surface area contributed by atoms with Gasteiger partial charge in [-0.05, 0) is 18.9 Å². The number of hydrogen-bond acceptors (Lipinski definition) is 6. The Balaban J connectivity index is 1.89. The van der Waals surface area contributed by atoms with Crippen molar-refractivity contribution in [1.82, 2.24) is 4.90 Å². The quantitative estimate of drug-likeness (QED) is 0.812. The van der Waals surface area contributed by atoms with Crippen molar-refractivity contribution in [2.24, 2.45) is 0 Å². The molecule has 0 aliphatic carbocycles. The molecule has 1 aromatic heterocycles. The zero-order valence-corrected chi connectivity index (χ0v) is 13.0. The topological polar surface area (TPSA) is 61.1 Å². The number of hydrogen-bond donors (Lipinski definition) is 0. The first-order valence-corrected chi connectivity index (χ1v) is 7.58. The molecule has 0 atom stereocenters. The van der Waals surface area contributed by atoms with Crippen LogP contribution < -0.4 is 14.2 Å². The van der Waals surface area contributed by atoms with Crippen LogP contribution in [0, 0.1) is 0 Å². The van der Waals surface area contributed by atoms with Crippen molar-refractivity contribution in [2.45, 2.75) is 12.8 Å². The number of furan rings is 1. The van der Waals surface area contributed by atoms with Crippen LogP contribution in [0.4, 0.5) is 0 Å². The molecule has 120 valence electrons. The second kappa shape index (κ2) is 5.22. The highest BCUT2D eigenvalue weighted by Gasteiger charge is 2.38. The largest absolute Gasteiger partial charge is 0.495 e. The summed E-state index contributed by atoms with van der Waals surface area (Å²) in [6.07, 6.45) is 5.58. The maximum absolute atomic E-state index is 12.8. The van der Waals surface area contributed by atoms with Crippen LogP contribution >= 0.6 is 0 Å². The number of carbonyl (C=O) groups excluding carboxylic acids is 1. The minimum atomic E-state index is -0.190. The fourth-order valence-corrected chi connectivity index (χ4v) is 3.22. The van der Waals surface area contributed by atoms with Gasteiger partial charge in [0, 0.05) is 19.3 Å². The molecule has 0 unspecified atom stereocenters. The third kappa shape index (κ3) is 1.98. The molecule has 3 heterocycles. The van der Waals surface area contributed by atoms with Gasteiger partial charge in [-0.15, -0.1) is 0 Å². The first-order valence-electron chi connectivity index (χ1n) is 7.58. The van der Waals surface area contributed by atoms with Crippen molar-refractivity contribution in [3.8, 4) is 17.2 Å². The molecule has 6 heteroatoms. The number of nitrogens with zero attached hydrogens (tertiary/aromatic N) is 1. The molecule has 2 aliphatic rings. The van der Waals surface area contributed by atoms with Gasteiger partial charge in [0.15, 0.2) is 17.1 Å². The van der Waals surface area contributed by atoms with Gasteiger partial charge in [-0.25, -0.2) is 0 Å². The lowest BCUT2D eigenvalue weighted by Crippen LogP contribution is -2.14. The Hall–Kier alpha value is -2.63. The van der Waals surface area contributed by atoms with Gasteiger partial charge in [0.2, 0.25) is 11.5 Å². The van der Waals surface area contributed by atoms with Crippen LogP contribution in [0.3, 0.4) is 0 Å². The van der Waals surface area contributed by atoms with Crippen LogP contribution in [-0.2, 0) is 0 Å². The molecule has 1 aromatic carbocycles. The van der Waals surface area contributed by atoms with E-state index in [9.17, 15) is 4.79 Å². The lowest BCUT2D eigenvalue weighted by molar-refractivity contribution is 0.101. The van der Waals surface area contributed by atoms with Gasteiger partial charge in [0.05, 0.1) is 25.9 Å². The number of ketones is 1. The average Bonchev–Trinajstić information content (AvgIpc) is 3.28. The minimum Gasteiger partial charge on any atom is -0.495 e. The summed E-state index contributed by atoms with van der Waals surface area (Å²) in [6, 6.07) is 1.76. The second-order valence-corrected chi connectivity index (χ2v) is 5.60. The number of allylic oxidation sites excluding steroid dienone is 1. The normalized spacial score (nSPS) is 18.6. The summed E-state index contributed by atoms with van der Waals surface area (Å²) in [5.74, 6) is 1.34. The van der Waals surface area contributed by atoms with E-state index in [2.05, 4.69) is 4.90 Å². The summed E-state index contributed by atoms with van der Waals surface area (Å²) in [5, 5.41) is 0.697. The van der Waals surface area contributed by atoms with Gasteiger partial charge < -0.3 is 23.5 Å². The Kier molecular flexibility index (Phi) is 3.18. The van der Waals surface area contributed by atoms with Crippen LogP contribution in [0.5, 0.6) is 17.2 Å². The molecule has 0 N–H and O–H groups in total. The summed E-state index contributed by atoms with van der Waals surface area (Å²) in [6.45, 7) is 1.88. The lowest BCUT2D eigenvalue weighted by atomic mass is 10.1. The molecule has 2 aliphatic heterocycles.